The smallest absolute Gasteiger partial charge is 0.338 e. The summed E-state index contributed by atoms with van der Waals surface area (Å²) in [6.07, 6.45) is -0.0288. The van der Waals surface area contributed by atoms with E-state index in [-0.39, 0.29) is 6.10 Å². The van der Waals surface area contributed by atoms with Gasteiger partial charge < -0.3 is 19.5 Å². The van der Waals surface area contributed by atoms with E-state index in [1.807, 2.05) is 13.8 Å². The molecule has 0 unspecified atom stereocenters. The number of hydrogen-bond acceptors (Lipinski definition) is 5. The van der Waals surface area contributed by atoms with E-state index in [0.29, 0.717) is 28.5 Å². The Kier molecular flexibility index (Phi) is 6.87. The minimum Gasteiger partial charge on any atom is -0.495 e. The fraction of sp³-hybridized carbons (Fsp3) is 0.263. The largest absolute Gasteiger partial charge is 0.495 e. The summed E-state index contributed by atoms with van der Waals surface area (Å²) in [5, 5.41) is 2.59. The lowest BCUT2D eigenvalue weighted by Crippen LogP contribution is -2.43. The van der Waals surface area contributed by atoms with Gasteiger partial charge in [0.05, 0.1) is 26.0 Å². The Balaban J connectivity index is 1.97. The first-order chi connectivity index (χ1) is 12.9. The second-order valence-electron chi connectivity index (χ2n) is 5.77. The number of amides is 3. The quantitative estimate of drug-likeness (QED) is 0.676. The Morgan fingerprint density at radius 2 is 1.59 bits per heavy atom. The molecule has 3 N–H and O–H groups in total. The van der Waals surface area contributed by atoms with Gasteiger partial charge in [0.25, 0.3) is 5.91 Å². The molecular weight excluding hydrogens is 350 g/mol. The number of hydrogen-bond donors (Lipinski definition) is 3. The molecule has 2 rings (SSSR count). The minimum atomic E-state index is -0.612. The molecular formula is C19H23N3O5. The highest BCUT2D eigenvalue weighted by Gasteiger charge is 2.13. The average molecular weight is 373 g/mol. The molecule has 0 bridgehead atoms. The summed E-state index contributed by atoms with van der Waals surface area (Å²) in [6.45, 7) is 3.79. The number of nitrogens with one attached hydrogen (secondary N) is 3. The molecule has 0 aliphatic heterocycles. The van der Waals surface area contributed by atoms with Crippen molar-refractivity contribution in [2.75, 3.05) is 19.5 Å². The number of rotatable bonds is 6. The fourth-order valence-corrected chi connectivity index (χ4v) is 2.25. The van der Waals surface area contributed by atoms with Crippen LogP contribution in [0.15, 0.2) is 42.5 Å². The van der Waals surface area contributed by atoms with Crippen LogP contribution in [0.4, 0.5) is 10.5 Å². The van der Waals surface area contributed by atoms with E-state index >= 15 is 0 Å². The average Bonchev–Trinajstić information content (AvgIpc) is 2.66. The molecule has 144 valence electrons. The second-order valence-corrected chi connectivity index (χ2v) is 5.77. The third kappa shape index (κ3) is 5.53. The summed E-state index contributed by atoms with van der Waals surface area (Å²) in [7, 11) is 2.99. The van der Waals surface area contributed by atoms with Crippen molar-refractivity contribution in [3.63, 3.8) is 0 Å². The molecule has 8 nitrogen and oxygen atoms in total. The van der Waals surface area contributed by atoms with Crippen LogP contribution in [0.25, 0.3) is 0 Å². The predicted octanol–water partition coefficient (Wildman–Crippen LogP) is 2.96. The molecule has 2 aromatic carbocycles. The first kappa shape index (κ1) is 19.9. The number of urea groups is 1. The van der Waals surface area contributed by atoms with Crippen molar-refractivity contribution < 1.29 is 23.8 Å². The third-order valence-corrected chi connectivity index (χ3v) is 3.43. The maximum Gasteiger partial charge on any atom is 0.338 e. The second kappa shape index (κ2) is 9.33. The van der Waals surface area contributed by atoms with Crippen molar-refractivity contribution in [1.82, 2.24) is 10.9 Å². The maximum absolute atomic E-state index is 12.3. The molecule has 0 spiro atoms. The van der Waals surface area contributed by atoms with Crippen LogP contribution in [0.3, 0.4) is 0 Å². The zero-order valence-electron chi connectivity index (χ0n) is 15.7. The molecule has 3 amide bonds. The van der Waals surface area contributed by atoms with Crippen molar-refractivity contribution in [2.45, 2.75) is 20.0 Å². The molecule has 0 saturated carbocycles. The molecule has 8 heteroatoms. The number of anilines is 1. The zero-order chi connectivity index (χ0) is 19.8. The SMILES string of the molecule is COc1ccccc1NC(=O)NNC(=O)c1ccc(OC(C)C)c(OC)c1. The van der Waals surface area contributed by atoms with Crippen molar-refractivity contribution in [1.29, 1.82) is 0 Å². The summed E-state index contributed by atoms with van der Waals surface area (Å²) in [4.78, 5) is 24.2. The Morgan fingerprint density at radius 1 is 0.889 bits per heavy atom. The van der Waals surface area contributed by atoms with Crippen molar-refractivity contribution >= 4 is 17.6 Å². The Bertz CT molecular complexity index is 808. The number of ether oxygens (including phenoxy) is 3. The van der Waals surface area contributed by atoms with Crippen LogP contribution in [-0.2, 0) is 0 Å². The summed E-state index contributed by atoms with van der Waals surface area (Å²) >= 11 is 0. The lowest BCUT2D eigenvalue weighted by molar-refractivity contribution is 0.0937. The van der Waals surface area contributed by atoms with E-state index in [2.05, 4.69) is 16.2 Å². The molecule has 0 aliphatic carbocycles. The van der Waals surface area contributed by atoms with Crippen LogP contribution < -0.4 is 30.4 Å². The van der Waals surface area contributed by atoms with E-state index in [4.69, 9.17) is 14.2 Å². The van der Waals surface area contributed by atoms with Crippen molar-refractivity contribution in [3.8, 4) is 17.2 Å². The third-order valence-electron chi connectivity index (χ3n) is 3.43. The summed E-state index contributed by atoms with van der Waals surface area (Å²) in [5.74, 6) is 0.963. The van der Waals surface area contributed by atoms with Gasteiger partial charge in [-0.15, -0.1) is 0 Å². The van der Waals surface area contributed by atoms with Crippen LogP contribution >= 0.6 is 0 Å². The molecule has 0 fully saturated rings. The van der Waals surface area contributed by atoms with E-state index in [0.717, 1.165) is 0 Å². The van der Waals surface area contributed by atoms with Gasteiger partial charge in [0.1, 0.15) is 5.75 Å². The first-order valence-corrected chi connectivity index (χ1v) is 8.29. The van der Waals surface area contributed by atoms with Gasteiger partial charge in [0.2, 0.25) is 0 Å². The molecule has 0 aromatic heterocycles. The zero-order valence-corrected chi connectivity index (χ0v) is 15.7. The number of methoxy groups -OCH3 is 2. The van der Waals surface area contributed by atoms with Crippen LogP contribution in [-0.4, -0.2) is 32.3 Å². The van der Waals surface area contributed by atoms with Crippen LogP contribution in [0.5, 0.6) is 17.2 Å². The molecule has 27 heavy (non-hydrogen) atoms. The minimum absolute atomic E-state index is 0.0288. The van der Waals surface area contributed by atoms with Crippen molar-refractivity contribution in [2.24, 2.45) is 0 Å². The summed E-state index contributed by atoms with van der Waals surface area (Å²) in [5.41, 5.74) is 5.40. The van der Waals surface area contributed by atoms with Gasteiger partial charge in [-0.3, -0.25) is 10.2 Å². The van der Waals surface area contributed by atoms with Crippen LogP contribution in [0.2, 0.25) is 0 Å². The monoisotopic (exact) mass is 373 g/mol. The number of hydrazine groups is 1. The highest BCUT2D eigenvalue weighted by molar-refractivity contribution is 5.97. The Morgan fingerprint density at radius 3 is 2.26 bits per heavy atom. The highest BCUT2D eigenvalue weighted by Crippen LogP contribution is 2.29. The Hall–Kier alpha value is -3.42. The number of benzene rings is 2. The van der Waals surface area contributed by atoms with Gasteiger partial charge in [-0.2, -0.15) is 0 Å². The Labute approximate surface area is 157 Å². The molecule has 2 aromatic rings. The normalized spacial score (nSPS) is 10.1. The fourth-order valence-electron chi connectivity index (χ4n) is 2.25. The lowest BCUT2D eigenvalue weighted by Gasteiger charge is -2.15. The van der Waals surface area contributed by atoms with Crippen molar-refractivity contribution in [3.05, 3.63) is 48.0 Å². The van der Waals surface area contributed by atoms with Gasteiger partial charge in [-0.05, 0) is 44.2 Å². The van der Waals surface area contributed by atoms with Gasteiger partial charge in [0, 0.05) is 5.56 Å². The van der Waals surface area contributed by atoms with E-state index in [1.165, 1.54) is 20.3 Å². The van der Waals surface area contributed by atoms with Crippen LogP contribution in [0.1, 0.15) is 24.2 Å². The molecule has 0 heterocycles. The van der Waals surface area contributed by atoms with Crippen LogP contribution in [0, 0.1) is 0 Å². The molecule has 0 saturated heterocycles. The topological polar surface area (TPSA) is 97.9 Å². The molecule has 0 aliphatic rings. The molecule has 0 radical (unpaired) electrons. The number of carbonyl (C=O) groups excluding carboxylic acids is 2. The molecule has 0 atom stereocenters. The van der Waals surface area contributed by atoms with Gasteiger partial charge in [0.15, 0.2) is 11.5 Å². The summed E-state index contributed by atoms with van der Waals surface area (Å²) in [6, 6.07) is 11.1. The maximum atomic E-state index is 12.3. The number of carbonyl (C=O) groups is 2. The standard InChI is InChI=1S/C19H23N3O5/c1-12(2)27-16-10-9-13(11-17(16)26-4)18(23)21-22-19(24)20-14-7-5-6-8-15(14)25-3/h5-12H,1-4H3,(H,21,23)(H2,20,22,24). The first-order valence-electron chi connectivity index (χ1n) is 8.29. The van der Waals surface area contributed by atoms with Gasteiger partial charge in [-0.25, -0.2) is 10.2 Å². The van der Waals surface area contributed by atoms with Gasteiger partial charge >= 0.3 is 6.03 Å². The van der Waals surface area contributed by atoms with E-state index in [9.17, 15) is 9.59 Å². The summed E-state index contributed by atoms with van der Waals surface area (Å²) < 4.78 is 16.0. The van der Waals surface area contributed by atoms with E-state index < -0.39 is 11.9 Å². The highest BCUT2D eigenvalue weighted by atomic mass is 16.5. The number of para-hydroxylation sites is 2. The van der Waals surface area contributed by atoms with Gasteiger partial charge in [-0.1, -0.05) is 12.1 Å². The predicted molar refractivity (Wildman–Crippen MR) is 101 cm³/mol. The van der Waals surface area contributed by atoms with E-state index in [1.54, 1.807) is 36.4 Å². The lowest BCUT2D eigenvalue weighted by atomic mass is 10.2.